The largest absolute Gasteiger partial charge is 0.507 e. The van der Waals surface area contributed by atoms with Gasteiger partial charge in [0, 0.05) is 11.1 Å². The molecule has 0 aliphatic heterocycles. The van der Waals surface area contributed by atoms with Crippen molar-refractivity contribution in [3.63, 3.8) is 0 Å². The fraction of sp³-hybridized carbons (Fsp3) is 0.0968. The minimum atomic E-state index is -3.36. The van der Waals surface area contributed by atoms with Gasteiger partial charge in [0.2, 0.25) is 0 Å². The van der Waals surface area contributed by atoms with Gasteiger partial charge in [0.1, 0.15) is 11.5 Å². The molecule has 0 spiro atoms. The maximum Gasteiger partial charge on any atom is 0.184 e. The molecule has 0 unspecified atom stereocenters. The maximum absolute atomic E-state index is 13.9. The van der Waals surface area contributed by atoms with Crippen LogP contribution in [0.15, 0.2) is 206 Å². The summed E-state index contributed by atoms with van der Waals surface area (Å²) in [5, 5.41) is 40.5. The molecule has 0 aliphatic carbocycles. The second-order valence-electron chi connectivity index (χ2n) is 18.5. The first-order valence-electron chi connectivity index (χ1n) is 22.9. The summed E-state index contributed by atoms with van der Waals surface area (Å²) in [5.41, 5.74) is 8.24. The lowest BCUT2D eigenvalue weighted by Gasteiger charge is -2.37. The zero-order chi connectivity index (χ0) is 45.7. The van der Waals surface area contributed by atoms with Crippen LogP contribution >= 0.6 is 0 Å². The second-order valence-corrected chi connectivity index (χ2v) is 26.0. The molecule has 0 fully saturated rings. The van der Waals surface area contributed by atoms with Crippen LogP contribution in [0.25, 0.3) is 32.7 Å². The van der Waals surface area contributed by atoms with Crippen LogP contribution in [-0.4, -0.2) is 26.4 Å². The van der Waals surface area contributed by atoms with Crippen LogP contribution in [0.2, 0.25) is 0 Å². The molecule has 0 aliphatic rings. The van der Waals surface area contributed by atoms with Gasteiger partial charge in [0.15, 0.2) is 16.1 Å². The quantitative estimate of drug-likeness (QED) is 0.112. The Labute approximate surface area is 391 Å². The normalized spacial score (nSPS) is 11.9. The topological polar surface area (TPSA) is 40.5 Å². The summed E-state index contributed by atoms with van der Waals surface area (Å²) in [7, 11) is -6.71. The summed E-state index contributed by atoms with van der Waals surface area (Å²) in [6.07, 6.45) is 0. The van der Waals surface area contributed by atoms with Gasteiger partial charge in [-0.3, -0.25) is 0 Å². The average molecular weight is 887 g/mol. The predicted octanol–water partition coefficient (Wildman–Crippen LogP) is 9.68. The first-order chi connectivity index (χ1) is 32.0. The highest BCUT2D eigenvalue weighted by atomic mass is 28.3. The van der Waals surface area contributed by atoms with E-state index in [1.165, 1.54) is 31.1 Å². The number of aryl methyl sites for hydroxylation is 6. The summed E-state index contributed by atoms with van der Waals surface area (Å²) in [6, 6.07) is 74.7. The van der Waals surface area contributed by atoms with Crippen LogP contribution in [0.3, 0.4) is 0 Å². The minimum absolute atomic E-state index is 0.191. The molecule has 0 amide bonds. The molecule has 4 heteroatoms. The molecular weight excluding hydrogens is 833 g/mol. The maximum atomic E-state index is 13.9. The highest BCUT2D eigenvalue weighted by molar-refractivity contribution is 7.21. The van der Waals surface area contributed by atoms with Gasteiger partial charge in [-0.1, -0.05) is 240 Å². The zero-order valence-corrected chi connectivity index (χ0v) is 40.5. The van der Waals surface area contributed by atoms with Crippen molar-refractivity contribution in [2.24, 2.45) is 0 Å². The third kappa shape index (κ3) is 7.00. The van der Waals surface area contributed by atoms with Gasteiger partial charge in [0.05, 0.1) is 0 Å². The molecule has 0 atom stereocenters. The van der Waals surface area contributed by atoms with Gasteiger partial charge in [-0.25, -0.2) is 0 Å². The molecule has 10 aromatic rings. The van der Waals surface area contributed by atoms with Crippen LogP contribution in [-0.2, 0) is 0 Å². The Morgan fingerprint density at radius 3 is 0.758 bits per heavy atom. The number of benzene rings is 10. The number of fused-ring (bicyclic) bond motifs is 2. The Kier molecular flexibility index (Phi) is 11.0. The molecule has 0 aromatic heterocycles. The van der Waals surface area contributed by atoms with Crippen molar-refractivity contribution in [2.45, 2.75) is 41.5 Å². The molecule has 2 nitrogen and oxygen atoms in total. The first kappa shape index (κ1) is 42.7. The van der Waals surface area contributed by atoms with Crippen molar-refractivity contribution in [2.75, 3.05) is 0 Å². The van der Waals surface area contributed by atoms with E-state index in [4.69, 9.17) is 0 Å². The van der Waals surface area contributed by atoms with E-state index in [9.17, 15) is 10.2 Å². The predicted molar refractivity (Wildman–Crippen MR) is 286 cm³/mol. The number of hydrogen-bond acceptors (Lipinski definition) is 2. The van der Waals surface area contributed by atoms with Crippen LogP contribution in [0.1, 0.15) is 33.4 Å². The van der Waals surface area contributed by atoms with E-state index >= 15 is 0 Å². The number of rotatable bonds is 9. The third-order valence-electron chi connectivity index (χ3n) is 13.8. The summed E-state index contributed by atoms with van der Waals surface area (Å²) < 4.78 is 0. The first-order valence-corrected chi connectivity index (χ1v) is 26.9. The van der Waals surface area contributed by atoms with E-state index in [1.807, 2.05) is 12.1 Å². The molecule has 66 heavy (non-hydrogen) atoms. The highest BCUT2D eigenvalue weighted by Crippen LogP contribution is 2.45. The third-order valence-corrected chi connectivity index (χ3v) is 23.2. The van der Waals surface area contributed by atoms with E-state index < -0.39 is 16.1 Å². The smallest absolute Gasteiger partial charge is 0.184 e. The zero-order valence-electron chi connectivity index (χ0n) is 38.5. The molecule has 10 rings (SSSR count). The Hall–Kier alpha value is -7.25. The fourth-order valence-corrected chi connectivity index (χ4v) is 21.3. The number of phenols is 2. The Morgan fingerprint density at radius 2 is 0.515 bits per heavy atom. The van der Waals surface area contributed by atoms with Crippen LogP contribution in [0, 0.1) is 41.5 Å². The van der Waals surface area contributed by atoms with Crippen LogP contribution < -0.4 is 41.5 Å². The van der Waals surface area contributed by atoms with Crippen molar-refractivity contribution in [3.05, 3.63) is 240 Å². The molecule has 2 N–H and O–H groups in total. The molecule has 322 valence electrons. The summed E-state index contributed by atoms with van der Waals surface area (Å²) >= 11 is 0. The molecule has 0 saturated heterocycles. The van der Waals surface area contributed by atoms with Crippen molar-refractivity contribution >= 4 is 79.2 Å². The Morgan fingerprint density at radius 1 is 0.273 bits per heavy atom. The average Bonchev–Trinajstić information content (AvgIpc) is 3.31. The SMILES string of the molecule is Cc1cccc([Si](c2cccc(C)c2)(c2cccc(C)c2)c2cc3ccccc3c(-c3c(O)c([Si](c4cccc(C)c4)(c4cccc(C)c4)c4cccc(C)c4)cc4ccccc34)c2O)c1. The van der Waals surface area contributed by atoms with Gasteiger partial charge in [-0.2, -0.15) is 0 Å². The lowest BCUT2D eigenvalue weighted by molar-refractivity contribution is 0.474. The van der Waals surface area contributed by atoms with E-state index in [0.717, 1.165) is 65.3 Å². The molecule has 10 aromatic carbocycles. The summed E-state index contributed by atoms with van der Waals surface area (Å²) in [4.78, 5) is 0. The minimum Gasteiger partial charge on any atom is -0.507 e. The molecular formula is C62H54O2Si2. The number of aromatic hydroxyl groups is 2. The Balaban J connectivity index is 1.43. The fourth-order valence-electron chi connectivity index (χ4n) is 11.0. The van der Waals surface area contributed by atoms with Gasteiger partial charge in [0.25, 0.3) is 0 Å². The van der Waals surface area contributed by atoms with E-state index in [-0.39, 0.29) is 11.5 Å². The van der Waals surface area contributed by atoms with Crippen molar-refractivity contribution in [1.82, 2.24) is 0 Å². The Bertz CT molecular complexity index is 3040. The van der Waals surface area contributed by atoms with Crippen molar-refractivity contribution in [1.29, 1.82) is 0 Å². The molecule has 0 radical (unpaired) electrons. The van der Waals surface area contributed by atoms with Gasteiger partial charge in [-0.05, 0) is 105 Å². The van der Waals surface area contributed by atoms with E-state index in [2.05, 4.69) is 236 Å². The standard InChI is InChI=1S/C62H54O2Si2/c1-41-17-11-25-49(33-41)65(50-26-12-18-42(2)34-50,51-27-13-19-43(3)35-51)57-39-47-23-7-9-31-55(47)59(61(57)63)60-56-32-10-8-24-48(56)40-58(62(60)64)66(52-28-14-20-44(4)36-52,53-29-15-21-45(5)37-53)54-30-16-22-46(6)38-54/h7-40,63-64H,1-6H3. The van der Waals surface area contributed by atoms with E-state index in [0.29, 0.717) is 11.1 Å². The van der Waals surface area contributed by atoms with E-state index in [1.54, 1.807) is 0 Å². The second kappa shape index (κ2) is 17.0. The molecule has 0 bridgehead atoms. The van der Waals surface area contributed by atoms with Crippen molar-refractivity contribution in [3.8, 4) is 22.6 Å². The lowest BCUT2D eigenvalue weighted by Crippen LogP contribution is -2.75. The molecule has 0 heterocycles. The number of hydrogen-bond donors (Lipinski definition) is 2. The summed E-state index contributed by atoms with van der Waals surface area (Å²) in [6.45, 7) is 12.9. The van der Waals surface area contributed by atoms with Crippen LogP contribution in [0.5, 0.6) is 11.5 Å². The van der Waals surface area contributed by atoms with Gasteiger partial charge in [-0.15, -0.1) is 0 Å². The van der Waals surface area contributed by atoms with Gasteiger partial charge < -0.3 is 10.2 Å². The molecule has 0 saturated carbocycles. The summed E-state index contributed by atoms with van der Waals surface area (Å²) in [5.74, 6) is 0.382. The highest BCUT2D eigenvalue weighted by Gasteiger charge is 2.47. The lowest BCUT2D eigenvalue weighted by atomic mass is 9.92. The van der Waals surface area contributed by atoms with Crippen LogP contribution in [0.4, 0.5) is 0 Å². The van der Waals surface area contributed by atoms with Gasteiger partial charge >= 0.3 is 0 Å². The number of phenolic OH excluding ortho intramolecular Hbond substituents is 2. The van der Waals surface area contributed by atoms with Crippen molar-refractivity contribution < 1.29 is 10.2 Å². The monoisotopic (exact) mass is 886 g/mol.